The van der Waals surface area contributed by atoms with E-state index in [1.165, 1.54) is 0 Å². The van der Waals surface area contributed by atoms with Gasteiger partial charge in [0.2, 0.25) is 6.23 Å². The largest absolute Gasteiger partial charge is 0.466 e. The molecule has 0 radical (unpaired) electrons. The minimum absolute atomic E-state index is 0.248. The van der Waals surface area contributed by atoms with Gasteiger partial charge in [0.1, 0.15) is 5.75 Å². The quantitative estimate of drug-likeness (QED) is 0.257. The molecule has 35 heavy (non-hydrogen) atoms. The molecule has 1 amide bonds. The molecule has 1 heterocycles. The Morgan fingerprint density at radius 2 is 1.60 bits per heavy atom. The Hall–Kier alpha value is -3.77. The molecule has 0 spiro atoms. The maximum absolute atomic E-state index is 12.9. The zero-order valence-electron chi connectivity index (χ0n) is 19.7. The Labute approximate surface area is 210 Å². The number of nitrogens with zero attached hydrogens (tertiary/aromatic N) is 2. The van der Waals surface area contributed by atoms with Gasteiger partial charge in [0.05, 0.1) is 6.33 Å². The predicted octanol–water partition coefficient (Wildman–Crippen LogP) is 7.01. The number of aromatic nitrogens is 2. The van der Waals surface area contributed by atoms with E-state index in [1.54, 1.807) is 35.4 Å². The Bertz CT molecular complexity index is 1200. The standard InChI is InChI=1S/C28H28ClN3O3/c1-28(2,19-29)25(35-27(33)31-23-11-7-4-8-12-23)26(32-18-17-30-20-32)34-24-15-13-22(14-16-24)21-9-5-3-6-10-21/h3-18,20,25-26H,19H2,1-2H3,(H,31,33). The van der Waals surface area contributed by atoms with E-state index in [1.807, 2.05) is 74.5 Å². The molecule has 0 fully saturated rings. The van der Waals surface area contributed by atoms with Crippen molar-refractivity contribution >= 4 is 23.4 Å². The van der Waals surface area contributed by atoms with Crippen LogP contribution >= 0.6 is 11.6 Å². The number of benzene rings is 3. The number of hydrogen-bond donors (Lipinski definition) is 1. The number of amides is 1. The molecule has 6 nitrogen and oxygen atoms in total. The molecule has 4 rings (SSSR count). The van der Waals surface area contributed by atoms with Crippen molar-refractivity contribution in [3.05, 3.63) is 104 Å². The monoisotopic (exact) mass is 489 g/mol. The van der Waals surface area contributed by atoms with Gasteiger partial charge in [0.25, 0.3) is 0 Å². The van der Waals surface area contributed by atoms with Crippen LogP contribution in [0, 0.1) is 5.41 Å². The molecule has 2 unspecified atom stereocenters. The van der Waals surface area contributed by atoms with Crippen LogP contribution in [-0.2, 0) is 4.74 Å². The van der Waals surface area contributed by atoms with E-state index in [0.717, 1.165) is 11.1 Å². The van der Waals surface area contributed by atoms with Gasteiger partial charge in [-0.05, 0) is 35.4 Å². The first-order chi connectivity index (χ1) is 17.0. The molecular weight excluding hydrogens is 462 g/mol. The molecule has 0 saturated heterocycles. The Balaban J connectivity index is 1.60. The number of rotatable bonds is 9. The summed E-state index contributed by atoms with van der Waals surface area (Å²) in [6, 6.07) is 27.1. The highest BCUT2D eigenvalue weighted by Crippen LogP contribution is 2.35. The number of para-hydroxylation sites is 1. The summed E-state index contributed by atoms with van der Waals surface area (Å²) in [6.45, 7) is 3.87. The second-order valence-corrected chi connectivity index (χ2v) is 9.12. The third-order valence-corrected chi connectivity index (χ3v) is 6.35. The average Bonchev–Trinajstić information content (AvgIpc) is 3.42. The van der Waals surface area contributed by atoms with Crippen molar-refractivity contribution in [2.45, 2.75) is 26.2 Å². The van der Waals surface area contributed by atoms with Crippen molar-refractivity contribution < 1.29 is 14.3 Å². The van der Waals surface area contributed by atoms with Crippen LogP contribution < -0.4 is 10.1 Å². The molecule has 1 N–H and O–H groups in total. The van der Waals surface area contributed by atoms with E-state index in [4.69, 9.17) is 21.1 Å². The number of halogens is 1. The fourth-order valence-electron chi connectivity index (χ4n) is 3.66. The lowest BCUT2D eigenvalue weighted by atomic mass is 9.87. The van der Waals surface area contributed by atoms with E-state index in [0.29, 0.717) is 11.4 Å². The van der Waals surface area contributed by atoms with Crippen LogP contribution in [0.25, 0.3) is 11.1 Å². The lowest BCUT2D eigenvalue weighted by Gasteiger charge is -2.37. The van der Waals surface area contributed by atoms with Crippen molar-refractivity contribution in [2.75, 3.05) is 11.2 Å². The van der Waals surface area contributed by atoms with Gasteiger partial charge in [0.15, 0.2) is 6.10 Å². The highest BCUT2D eigenvalue weighted by atomic mass is 35.5. The number of ether oxygens (including phenoxy) is 2. The minimum atomic E-state index is -0.730. The summed E-state index contributed by atoms with van der Waals surface area (Å²) in [5.41, 5.74) is 2.21. The first kappa shape index (κ1) is 24.4. The van der Waals surface area contributed by atoms with Crippen molar-refractivity contribution in [1.29, 1.82) is 0 Å². The van der Waals surface area contributed by atoms with Crippen LogP contribution in [0.5, 0.6) is 5.75 Å². The maximum Gasteiger partial charge on any atom is 0.412 e. The van der Waals surface area contributed by atoms with E-state index < -0.39 is 23.8 Å². The molecule has 180 valence electrons. The number of anilines is 1. The van der Waals surface area contributed by atoms with Crippen molar-refractivity contribution in [3.8, 4) is 16.9 Å². The van der Waals surface area contributed by atoms with Crippen molar-refractivity contribution in [1.82, 2.24) is 9.55 Å². The molecule has 1 aromatic heterocycles. The first-order valence-corrected chi connectivity index (χ1v) is 11.9. The van der Waals surface area contributed by atoms with Crippen LogP contribution in [0.2, 0.25) is 0 Å². The molecule has 0 saturated carbocycles. The highest BCUT2D eigenvalue weighted by Gasteiger charge is 2.41. The Morgan fingerprint density at radius 1 is 0.971 bits per heavy atom. The SMILES string of the molecule is CC(C)(CCl)C(OC(=O)Nc1ccccc1)C(Oc1ccc(-c2ccccc2)cc1)n1ccnc1. The van der Waals surface area contributed by atoms with Gasteiger partial charge in [0, 0.05) is 29.4 Å². The van der Waals surface area contributed by atoms with E-state index in [9.17, 15) is 4.79 Å². The summed E-state index contributed by atoms with van der Waals surface area (Å²) >= 11 is 6.34. The molecule has 0 aliphatic heterocycles. The van der Waals surface area contributed by atoms with Gasteiger partial charge in [-0.2, -0.15) is 0 Å². The molecule has 2 atom stereocenters. The molecule has 0 aliphatic carbocycles. The summed E-state index contributed by atoms with van der Waals surface area (Å²) in [5.74, 6) is 0.878. The third-order valence-electron chi connectivity index (χ3n) is 5.66. The van der Waals surface area contributed by atoms with E-state index in [-0.39, 0.29) is 5.88 Å². The predicted molar refractivity (Wildman–Crippen MR) is 139 cm³/mol. The number of imidazole rings is 1. The van der Waals surface area contributed by atoms with Crippen LogP contribution in [-0.4, -0.2) is 27.6 Å². The summed E-state index contributed by atoms with van der Waals surface area (Å²) in [4.78, 5) is 17.0. The van der Waals surface area contributed by atoms with Crippen molar-refractivity contribution in [3.63, 3.8) is 0 Å². The maximum atomic E-state index is 12.9. The highest BCUT2D eigenvalue weighted by molar-refractivity contribution is 6.18. The fourth-order valence-corrected chi connectivity index (χ4v) is 3.81. The molecule has 3 aromatic carbocycles. The van der Waals surface area contributed by atoms with E-state index >= 15 is 0 Å². The van der Waals surface area contributed by atoms with E-state index in [2.05, 4.69) is 22.4 Å². The van der Waals surface area contributed by atoms with Crippen LogP contribution in [0.4, 0.5) is 10.5 Å². The van der Waals surface area contributed by atoms with Gasteiger partial charge < -0.3 is 9.47 Å². The Morgan fingerprint density at radius 3 is 2.20 bits per heavy atom. The van der Waals surface area contributed by atoms with Gasteiger partial charge in [-0.3, -0.25) is 9.88 Å². The number of alkyl halides is 1. The Kier molecular flexibility index (Phi) is 7.73. The summed E-state index contributed by atoms with van der Waals surface area (Å²) in [5, 5.41) is 2.77. The first-order valence-electron chi connectivity index (χ1n) is 11.3. The van der Waals surface area contributed by atoms with Gasteiger partial charge >= 0.3 is 6.09 Å². The molecule has 4 aromatic rings. The number of nitrogens with one attached hydrogen (secondary N) is 1. The fraction of sp³-hybridized carbons (Fsp3) is 0.214. The van der Waals surface area contributed by atoms with Crippen molar-refractivity contribution in [2.24, 2.45) is 5.41 Å². The lowest BCUT2D eigenvalue weighted by molar-refractivity contribution is -0.0695. The molecular formula is C28H28ClN3O3. The second kappa shape index (κ2) is 11.1. The number of hydrogen-bond acceptors (Lipinski definition) is 4. The zero-order chi connectivity index (χ0) is 24.7. The van der Waals surface area contributed by atoms with Gasteiger partial charge in [-0.1, -0.05) is 74.5 Å². The summed E-state index contributed by atoms with van der Waals surface area (Å²) in [6.07, 6.45) is 3.05. The minimum Gasteiger partial charge on any atom is -0.466 e. The number of carbonyl (C=O) groups excluding carboxylic acids is 1. The average molecular weight is 490 g/mol. The summed E-state index contributed by atoms with van der Waals surface area (Å²) < 4.78 is 14.1. The second-order valence-electron chi connectivity index (χ2n) is 8.85. The van der Waals surface area contributed by atoms with Crippen LogP contribution in [0.1, 0.15) is 20.1 Å². The zero-order valence-corrected chi connectivity index (χ0v) is 20.4. The van der Waals surface area contributed by atoms with Crippen LogP contribution in [0.15, 0.2) is 104 Å². The normalized spacial score (nSPS) is 13.0. The smallest absolute Gasteiger partial charge is 0.412 e. The van der Waals surface area contributed by atoms with Crippen LogP contribution in [0.3, 0.4) is 0 Å². The van der Waals surface area contributed by atoms with Gasteiger partial charge in [-0.15, -0.1) is 11.6 Å². The van der Waals surface area contributed by atoms with Gasteiger partial charge in [-0.25, -0.2) is 9.78 Å². The number of carbonyl (C=O) groups is 1. The third kappa shape index (κ3) is 6.22. The molecule has 7 heteroatoms. The topological polar surface area (TPSA) is 65.4 Å². The molecule has 0 bridgehead atoms. The summed E-state index contributed by atoms with van der Waals surface area (Å²) in [7, 11) is 0. The lowest BCUT2D eigenvalue weighted by Crippen LogP contribution is -2.45. The molecule has 0 aliphatic rings.